The lowest BCUT2D eigenvalue weighted by Crippen LogP contribution is -1.93. The maximum absolute atomic E-state index is 10.4. The van der Waals surface area contributed by atoms with Gasteiger partial charge in [-0.3, -0.25) is 0 Å². The molecule has 2 aromatic rings. The molecular formula is C8H5N3O3. The van der Waals surface area contributed by atoms with Gasteiger partial charge in [0.1, 0.15) is 0 Å². The van der Waals surface area contributed by atoms with Crippen LogP contribution in [0.3, 0.4) is 0 Å². The van der Waals surface area contributed by atoms with Gasteiger partial charge in [0.2, 0.25) is 5.52 Å². The number of hydrogen-bond donors (Lipinski definition) is 1. The van der Waals surface area contributed by atoms with E-state index < -0.39 is 4.92 Å². The summed E-state index contributed by atoms with van der Waals surface area (Å²) in [5.74, 6) is -0.620. The van der Waals surface area contributed by atoms with E-state index in [9.17, 15) is 15.2 Å². The molecule has 0 saturated carbocycles. The summed E-state index contributed by atoms with van der Waals surface area (Å²) in [5.41, 5.74) is 0.567. The number of nitro groups is 1. The van der Waals surface area contributed by atoms with Gasteiger partial charge in [0.05, 0.1) is 6.07 Å². The Morgan fingerprint density at radius 1 is 1.50 bits per heavy atom. The Morgan fingerprint density at radius 3 is 3.00 bits per heavy atom. The van der Waals surface area contributed by atoms with Gasteiger partial charge in [-0.2, -0.15) is 0 Å². The van der Waals surface area contributed by atoms with Gasteiger partial charge in [0.15, 0.2) is 11.3 Å². The van der Waals surface area contributed by atoms with Gasteiger partial charge in [-0.1, -0.05) is 0 Å². The van der Waals surface area contributed by atoms with Crippen LogP contribution in [0.1, 0.15) is 0 Å². The van der Waals surface area contributed by atoms with Crippen LogP contribution in [0.5, 0.6) is 5.75 Å². The van der Waals surface area contributed by atoms with Crippen LogP contribution >= 0.6 is 0 Å². The molecule has 0 aromatic carbocycles. The Hall–Kier alpha value is -2.24. The summed E-state index contributed by atoms with van der Waals surface area (Å²) in [5, 5.41) is 19.8. The fourth-order valence-electron chi connectivity index (χ4n) is 1.12. The lowest BCUT2D eigenvalue weighted by Gasteiger charge is -1.96. The molecule has 70 valence electrons. The Balaban J connectivity index is 2.78. The molecule has 0 aliphatic rings. The van der Waals surface area contributed by atoms with Gasteiger partial charge in [-0.25, -0.2) is 4.98 Å². The van der Waals surface area contributed by atoms with E-state index in [0.29, 0.717) is 5.52 Å². The van der Waals surface area contributed by atoms with E-state index in [1.54, 1.807) is 12.1 Å². The lowest BCUT2D eigenvalue weighted by atomic mass is 10.3. The molecule has 0 aliphatic carbocycles. The minimum atomic E-state index is -0.661. The largest absolute Gasteiger partial charge is 0.505 e. The highest BCUT2D eigenvalue weighted by Gasteiger charge is 2.14. The third-order valence-electron chi connectivity index (χ3n) is 1.72. The van der Waals surface area contributed by atoms with Crippen molar-refractivity contribution >= 4 is 16.9 Å². The van der Waals surface area contributed by atoms with Gasteiger partial charge in [0, 0.05) is 6.20 Å². The molecule has 0 unspecified atom stereocenters. The molecule has 0 spiro atoms. The van der Waals surface area contributed by atoms with Gasteiger partial charge >= 0.3 is 5.82 Å². The molecule has 6 heteroatoms. The first-order valence-electron chi connectivity index (χ1n) is 3.77. The van der Waals surface area contributed by atoms with Gasteiger partial charge in [-0.05, 0) is 22.0 Å². The van der Waals surface area contributed by atoms with Crippen molar-refractivity contribution in [3.8, 4) is 5.75 Å². The number of nitrogens with zero attached hydrogens (tertiary/aromatic N) is 3. The normalized spacial score (nSPS) is 10.3. The van der Waals surface area contributed by atoms with Crippen LogP contribution in [-0.4, -0.2) is 20.0 Å². The second kappa shape index (κ2) is 2.91. The summed E-state index contributed by atoms with van der Waals surface area (Å²) in [4.78, 5) is 17.3. The van der Waals surface area contributed by atoms with Crippen LogP contribution in [0.2, 0.25) is 0 Å². The number of rotatable bonds is 1. The summed E-state index contributed by atoms with van der Waals surface area (Å²) >= 11 is 0. The predicted molar refractivity (Wildman–Crippen MR) is 47.9 cm³/mol. The number of pyridine rings is 2. The first-order chi connectivity index (χ1) is 6.68. The molecule has 1 N–H and O–H groups in total. The van der Waals surface area contributed by atoms with E-state index in [-0.39, 0.29) is 17.1 Å². The topological polar surface area (TPSA) is 89.2 Å². The zero-order valence-corrected chi connectivity index (χ0v) is 6.91. The summed E-state index contributed by atoms with van der Waals surface area (Å²) in [6, 6.07) is 4.13. The van der Waals surface area contributed by atoms with Crippen molar-refractivity contribution in [3.63, 3.8) is 0 Å². The standard InChI is InChI=1S/C8H5N3O3/c12-6-4-7(11(13)14)10-5-2-1-3-9-8(5)6/h1-4H,(H,10,12). The molecule has 2 rings (SSSR count). The fraction of sp³-hybridized carbons (Fsp3) is 0. The Kier molecular flexibility index (Phi) is 1.74. The molecule has 0 amide bonds. The first kappa shape index (κ1) is 8.36. The fourth-order valence-corrected chi connectivity index (χ4v) is 1.12. The van der Waals surface area contributed by atoms with Crippen molar-refractivity contribution in [2.24, 2.45) is 0 Å². The molecular weight excluding hydrogens is 186 g/mol. The van der Waals surface area contributed by atoms with Gasteiger partial charge < -0.3 is 15.2 Å². The third kappa shape index (κ3) is 1.22. The summed E-state index contributed by atoms with van der Waals surface area (Å²) < 4.78 is 0. The summed E-state index contributed by atoms with van der Waals surface area (Å²) in [6.07, 6.45) is 1.48. The molecule has 6 nitrogen and oxygen atoms in total. The molecule has 14 heavy (non-hydrogen) atoms. The van der Waals surface area contributed by atoms with Crippen molar-refractivity contribution < 1.29 is 10.0 Å². The summed E-state index contributed by atoms with van der Waals surface area (Å²) in [6.45, 7) is 0. The zero-order chi connectivity index (χ0) is 10.1. The van der Waals surface area contributed by atoms with Crippen LogP contribution in [0.15, 0.2) is 24.4 Å². The highest BCUT2D eigenvalue weighted by molar-refractivity contribution is 5.81. The Morgan fingerprint density at radius 2 is 2.29 bits per heavy atom. The molecule has 0 radical (unpaired) electrons. The minimum Gasteiger partial charge on any atom is -0.505 e. The molecule has 2 heterocycles. The third-order valence-corrected chi connectivity index (χ3v) is 1.72. The maximum Gasteiger partial charge on any atom is 0.367 e. The molecule has 2 aromatic heterocycles. The molecule has 0 bridgehead atoms. The van der Waals surface area contributed by atoms with E-state index in [0.717, 1.165) is 6.07 Å². The molecule has 0 aliphatic heterocycles. The summed E-state index contributed by atoms with van der Waals surface area (Å²) in [7, 11) is 0. The quantitative estimate of drug-likeness (QED) is 0.541. The monoisotopic (exact) mass is 191 g/mol. The molecule has 0 saturated heterocycles. The van der Waals surface area contributed by atoms with Crippen LogP contribution in [0.4, 0.5) is 5.82 Å². The maximum atomic E-state index is 10.4. The molecule has 0 fully saturated rings. The first-order valence-corrected chi connectivity index (χ1v) is 3.77. The zero-order valence-electron chi connectivity index (χ0n) is 6.91. The van der Waals surface area contributed by atoms with Crippen LogP contribution in [0.25, 0.3) is 11.0 Å². The van der Waals surface area contributed by atoms with Crippen molar-refractivity contribution in [1.29, 1.82) is 0 Å². The van der Waals surface area contributed by atoms with Crippen molar-refractivity contribution in [3.05, 3.63) is 34.5 Å². The van der Waals surface area contributed by atoms with Crippen LogP contribution < -0.4 is 0 Å². The second-order valence-electron chi connectivity index (χ2n) is 2.63. The van der Waals surface area contributed by atoms with Crippen LogP contribution in [-0.2, 0) is 0 Å². The smallest absolute Gasteiger partial charge is 0.367 e. The van der Waals surface area contributed by atoms with Gasteiger partial charge in [-0.15, -0.1) is 0 Å². The average molecular weight is 191 g/mol. The predicted octanol–water partition coefficient (Wildman–Crippen LogP) is 1.24. The van der Waals surface area contributed by atoms with Crippen molar-refractivity contribution in [2.75, 3.05) is 0 Å². The number of fused-ring (bicyclic) bond motifs is 1. The Bertz CT molecular complexity index is 512. The lowest BCUT2D eigenvalue weighted by molar-refractivity contribution is -0.389. The van der Waals surface area contributed by atoms with E-state index in [1.165, 1.54) is 6.20 Å². The highest BCUT2D eigenvalue weighted by atomic mass is 16.6. The van der Waals surface area contributed by atoms with E-state index in [2.05, 4.69) is 9.97 Å². The highest BCUT2D eigenvalue weighted by Crippen LogP contribution is 2.24. The van der Waals surface area contributed by atoms with Gasteiger partial charge in [0.25, 0.3) is 0 Å². The molecule has 0 atom stereocenters. The van der Waals surface area contributed by atoms with Crippen LogP contribution in [0, 0.1) is 10.1 Å². The number of aromatic hydroxyl groups is 1. The second-order valence-corrected chi connectivity index (χ2v) is 2.63. The SMILES string of the molecule is O=[N+]([O-])c1cc(O)c2ncccc2n1. The number of hydrogen-bond acceptors (Lipinski definition) is 5. The average Bonchev–Trinajstić information content (AvgIpc) is 2.17. The minimum absolute atomic E-state index is 0.234. The van der Waals surface area contributed by atoms with Crippen molar-refractivity contribution in [1.82, 2.24) is 9.97 Å². The Labute approximate surface area is 78.0 Å². The van der Waals surface area contributed by atoms with Crippen molar-refractivity contribution in [2.45, 2.75) is 0 Å². The number of aromatic nitrogens is 2. The van der Waals surface area contributed by atoms with E-state index in [4.69, 9.17) is 0 Å². The van der Waals surface area contributed by atoms with E-state index >= 15 is 0 Å². The van der Waals surface area contributed by atoms with E-state index in [1.807, 2.05) is 0 Å².